The number of hydrogen-bond donors (Lipinski definition) is 2. The van der Waals surface area contributed by atoms with Gasteiger partial charge in [0.25, 0.3) is 5.91 Å². The molecule has 0 bridgehead atoms. The third kappa shape index (κ3) is 2.93. The molecule has 0 saturated carbocycles. The third-order valence-corrected chi connectivity index (χ3v) is 5.46. The normalized spacial score (nSPS) is 22.3. The zero-order valence-corrected chi connectivity index (χ0v) is 14.9. The molecule has 24 heavy (non-hydrogen) atoms. The van der Waals surface area contributed by atoms with Gasteiger partial charge in [-0.1, -0.05) is 12.1 Å². The van der Waals surface area contributed by atoms with Crippen LogP contribution in [0.15, 0.2) is 24.3 Å². The number of hydrogen-bond acceptors (Lipinski definition) is 2. The number of nitrogens with one attached hydrogen (secondary N) is 2. The van der Waals surface area contributed by atoms with Crippen LogP contribution in [0.25, 0.3) is 0 Å². The molecule has 2 amide bonds. The van der Waals surface area contributed by atoms with Crippen LogP contribution in [0, 0.1) is 0 Å². The molecule has 0 spiro atoms. The Labute approximate surface area is 144 Å². The molecule has 1 saturated heterocycles. The van der Waals surface area contributed by atoms with Gasteiger partial charge in [-0.25, -0.2) is 0 Å². The van der Waals surface area contributed by atoms with E-state index in [2.05, 4.69) is 5.32 Å². The Balaban J connectivity index is 1.93. The number of carbonyl (C=O) groups is 2. The first-order valence-electron chi connectivity index (χ1n) is 9.02. The van der Waals surface area contributed by atoms with Crippen LogP contribution in [0.2, 0.25) is 0 Å². The average molecular weight is 330 g/mol. The molecule has 0 unspecified atom stereocenters. The van der Waals surface area contributed by atoms with Crippen molar-refractivity contribution in [1.29, 1.82) is 0 Å². The van der Waals surface area contributed by atoms with Crippen molar-refractivity contribution >= 4 is 23.2 Å². The molecule has 0 aliphatic carbocycles. The van der Waals surface area contributed by atoms with Gasteiger partial charge in [0.1, 0.15) is 5.54 Å². The summed E-state index contributed by atoms with van der Waals surface area (Å²) in [7, 11) is 0. The van der Waals surface area contributed by atoms with E-state index in [0.717, 1.165) is 18.8 Å². The second kappa shape index (κ2) is 6.55. The Morgan fingerprint density at radius 2 is 1.79 bits per heavy atom. The summed E-state index contributed by atoms with van der Waals surface area (Å²) in [5.74, 6) is -0.0909. The lowest BCUT2D eigenvalue weighted by molar-refractivity contribution is -0.913. The maximum absolute atomic E-state index is 13.4. The van der Waals surface area contributed by atoms with Crippen LogP contribution in [0.3, 0.4) is 0 Å². The zero-order valence-electron chi connectivity index (χ0n) is 14.9. The molecule has 2 N–H and O–H groups in total. The zero-order chi connectivity index (χ0) is 17.3. The Bertz CT molecular complexity index is 633. The molecule has 3 rings (SSSR count). The first-order chi connectivity index (χ1) is 11.4. The van der Waals surface area contributed by atoms with Crippen molar-refractivity contribution in [3.63, 3.8) is 0 Å². The molecular weight excluding hydrogens is 302 g/mol. The SMILES string of the molecule is C[C@H](C(=O)N1c2ccccc2NC(=O)C1(C)C)[NH+]1CCCCCC1. The predicted octanol–water partition coefficient (Wildman–Crippen LogP) is 1.60. The topological polar surface area (TPSA) is 53.9 Å². The van der Waals surface area contributed by atoms with Crippen LogP contribution in [-0.4, -0.2) is 36.5 Å². The minimum atomic E-state index is -0.884. The van der Waals surface area contributed by atoms with Crippen molar-refractivity contribution in [2.24, 2.45) is 0 Å². The van der Waals surface area contributed by atoms with Crippen LogP contribution in [-0.2, 0) is 9.59 Å². The van der Waals surface area contributed by atoms with Gasteiger partial charge >= 0.3 is 0 Å². The minimum absolute atomic E-state index is 0.0409. The predicted molar refractivity (Wildman–Crippen MR) is 95.3 cm³/mol. The smallest absolute Gasteiger partial charge is 0.285 e. The van der Waals surface area contributed by atoms with E-state index in [-0.39, 0.29) is 17.9 Å². The van der Waals surface area contributed by atoms with E-state index < -0.39 is 5.54 Å². The minimum Gasteiger partial charge on any atom is -0.325 e. The summed E-state index contributed by atoms with van der Waals surface area (Å²) in [6.45, 7) is 7.72. The molecule has 2 heterocycles. The van der Waals surface area contributed by atoms with Gasteiger partial charge < -0.3 is 10.2 Å². The molecule has 1 aromatic carbocycles. The van der Waals surface area contributed by atoms with Gasteiger partial charge in [-0.15, -0.1) is 0 Å². The van der Waals surface area contributed by atoms with Crippen molar-refractivity contribution < 1.29 is 14.5 Å². The fourth-order valence-corrected chi connectivity index (χ4v) is 3.83. The molecule has 0 radical (unpaired) electrons. The molecule has 1 aromatic rings. The quantitative estimate of drug-likeness (QED) is 0.865. The summed E-state index contributed by atoms with van der Waals surface area (Å²) in [4.78, 5) is 29.0. The summed E-state index contributed by atoms with van der Waals surface area (Å²) in [6.07, 6.45) is 4.86. The molecule has 0 aromatic heterocycles. The van der Waals surface area contributed by atoms with Crippen LogP contribution >= 0.6 is 0 Å². The van der Waals surface area contributed by atoms with Gasteiger partial charge in [-0.2, -0.15) is 0 Å². The van der Waals surface area contributed by atoms with E-state index in [0.29, 0.717) is 5.69 Å². The Kier molecular flexibility index (Phi) is 4.63. The van der Waals surface area contributed by atoms with E-state index in [1.54, 1.807) is 4.90 Å². The lowest BCUT2D eigenvalue weighted by atomic mass is 9.95. The highest BCUT2D eigenvalue weighted by Gasteiger charge is 2.46. The van der Waals surface area contributed by atoms with Gasteiger partial charge in [0.05, 0.1) is 24.5 Å². The molecule has 5 heteroatoms. The van der Waals surface area contributed by atoms with Crippen molar-refractivity contribution in [3.05, 3.63) is 24.3 Å². The van der Waals surface area contributed by atoms with Crippen LogP contribution < -0.4 is 15.1 Å². The van der Waals surface area contributed by atoms with E-state index in [4.69, 9.17) is 0 Å². The maximum Gasteiger partial charge on any atom is 0.285 e. The monoisotopic (exact) mass is 330 g/mol. The molecule has 2 aliphatic rings. The Morgan fingerprint density at radius 1 is 1.17 bits per heavy atom. The number of amides is 2. The number of rotatable bonds is 2. The molecule has 130 valence electrons. The van der Waals surface area contributed by atoms with E-state index in [9.17, 15) is 9.59 Å². The number of quaternary nitrogens is 1. The second-order valence-corrected chi connectivity index (χ2v) is 7.50. The molecule has 2 aliphatic heterocycles. The second-order valence-electron chi connectivity index (χ2n) is 7.50. The van der Waals surface area contributed by atoms with Gasteiger partial charge in [0, 0.05) is 0 Å². The van der Waals surface area contributed by atoms with Gasteiger partial charge in [-0.3, -0.25) is 14.5 Å². The number of anilines is 2. The van der Waals surface area contributed by atoms with Crippen molar-refractivity contribution in [2.75, 3.05) is 23.3 Å². The number of likely N-dealkylation sites (tertiary alicyclic amines) is 1. The van der Waals surface area contributed by atoms with E-state index >= 15 is 0 Å². The van der Waals surface area contributed by atoms with Crippen LogP contribution in [0.1, 0.15) is 46.5 Å². The maximum atomic E-state index is 13.4. The molecule has 5 nitrogen and oxygen atoms in total. The fourth-order valence-electron chi connectivity index (χ4n) is 3.83. The largest absolute Gasteiger partial charge is 0.325 e. The third-order valence-electron chi connectivity index (χ3n) is 5.46. The van der Waals surface area contributed by atoms with Crippen molar-refractivity contribution in [3.8, 4) is 0 Å². The first kappa shape index (κ1) is 17.0. The highest BCUT2D eigenvalue weighted by atomic mass is 16.2. The summed E-state index contributed by atoms with van der Waals surface area (Å²) >= 11 is 0. The lowest BCUT2D eigenvalue weighted by Crippen LogP contribution is -3.16. The number of para-hydroxylation sites is 2. The highest BCUT2D eigenvalue weighted by Crippen LogP contribution is 2.36. The fraction of sp³-hybridized carbons (Fsp3) is 0.579. The van der Waals surface area contributed by atoms with Gasteiger partial charge in [-0.05, 0) is 58.6 Å². The summed E-state index contributed by atoms with van der Waals surface area (Å²) in [5, 5.41) is 2.92. The van der Waals surface area contributed by atoms with Crippen molar-refractivity contribution in [1.82, 2.24) is 0 Å². The number of carbonyl (C=O) groups excluding carboxylic acids is 2. The average Bonchev–Trinajstić information content (AvgIpc) is 2.84. The molecule has 1 fully saturated rings. The summed E-state index contributed by atoms with van der Waals surface area (Å²) in [5.41, 5.74) is 0.631. The number of fused-ring (bicyclic) bond motifs is 1. The number of benzene rings is 1. The van der Waals surface area contributed by atoms with Crippen LogP contribution in [0.5, 0.6) is 0 Å². The van der Waals surface area contributed by atoms with Gasteiger partial charge in [0.2, 0.25) is 5.91 Å². The molecule has 1 atom stereocenters. The van der Waals surface area contributed by atoms with E-state index in [1.165, 1.54) is 30.6 Å². The standard InChI is InChI=1S/C19H27N3O2/c1-14(21-12-8-4-5-9-13-21)17(23)22-16-11-7-6-10-15(16)20-18(24)19(22,2)3/h6-7,10-11,14H,4-5,8-9,12-13H2,1-3H3,(H,20,24)/p+1/t14-/m1/s1. The number of nitrogens with zero attached hydrogens (tertiary/aromatic N) is 1. The van der Waals surface area contributed by atoms with E-state index in [1.807, 2.05) is 45.0 Å². The van der Waals surface area contributed by atoms with Crippen molar-refractivity contribution in [2.45, 2.75) is 58.0 Å². The van der Waals surface area contributed by atoms with Crippen LogP contribution in [0.4, 0.5) is 11.4 Å². The summed E-state index contributed by atoms with van der Waals surface area (Å²) in [6, 6.07) is 7.42. The summed E-state index contributed by atoms with van der Waals surface area (Å²) < 4.78 is 0. The Hall–Kier alpha value is -1.88. The lowest BCUT2D eigenvalue weighted by Gasteiger charge is -2.43. The van der Waals surface area contributed by atoms with Gasteiger partial charge in [0.15, 0.2) is 6.04 Å². The molecular formula is C19H28N3O2+. The highest BCUT2D eigenvalue weighted by molar-refractivity contribution is 6.14. The first-order valence-corrected chi connectivity index (χ1v) is 9.02. The Morgan fingerprint density at radius 3 is 2.46 bits per heavy atom.